The Morgan fingerprint density at radius 3 is 1.68 bits per heavy atom. The van der Waals surface area contributed by atoms with Crippen molar-refractivity contribution in [3.63, 3.8) is 0 Å². The topological polar surface area (TPSA) is 152 Å². The number of hydrogen-bond acceptors (Lipinski definition) is 10. The predicted molar refractivity (Wildman–Crippen MR) is 196 cm³/mol. The van der Waals surface area contributed by atoms with E-state index >= 15 is 0 Å². The van der Waals surface area contributed by atoms with Crippen LogP contribution in [0.3, 0.4) is 0 Å². The van der Waals surface area contributed by atoms with Gasteiger partial charge in [0.25, 0.3) is 0 Å². The standard InChI is InChI=1S/C40H72O10/c1-3-5-7-9-11-12-13-14-15-16-17-18-19-20-21-23-25-27-29-36(43)49-33(31-47-35(42)28-26-24-22-10-8-6-4-2)32-48-40-39(46)38(45)37(44)34(30-41)50-40/h12-13,15-16,33-34,37-41,44-46H,3-11,14,17-32H2,1-2H3/b13-12-,16-15-. The number of rotatable bonds is 32. The predicted octanol–water partition coefficient (Wildman–Crippen LogP) is 7.38. The normalized spacial score (nSPS) is 21.6. The molecule has 6 atom stereocenters. The van der Waals surface area contributed by atoms with Gasteiger partial charge >= 0.3 is 11.9 Å². The van der Waals surface area contributed by atoms with Gasteiger partial charge in [0.2, 0.25) is 0 Å². The molecule has 0 saturated carbocycles. The van der Waals surface area contributed by atoms with E-state index in [1.54, 1.807) is 0 Å². The second-order valence-electron chi connectivity index (χ2n) is 13.7. The Hall–Kier alpha value is -1.82. The SMILES string of the molecule is CCCCCC/C=C\C/C=C\CCCCCCCCCC(=O)OC(COC(=O)CCCCCCCCC)COC1OC(CO)C(O)C(O)C1O. The van der Waals surface area contributed by atoms with Gasteiger partial charge in [-0.2, -0.15) is 0 Å². The van der Waals surface area contributed by atoms with Crippen LogP contribution in [0, 0.1) is 0 Å². The molecule has 6 unspecified atom stereocenters. The van der Waals surface area contributed by atoms with Crippen LogP contribution in [0.1, 0.15) is 162 Å². The van der Waals surface area contributed by atoms with Crippen molar-refractivity contribution >= 4 is 11.9 Å². The molecule has 10 nitrogen and oxygen atoms in total. The van der Waals surface area contributed by atoms with E-state index in [0.717, 1.165) is 57.8 Å². The molecule has 4 N–H and O–H groups in total. The quantitative estimate of drug-likeness (QED) is 0.0316. The number of carbonyl (C=O) groups excluding carboxylic acids is 2. The van der Waals surface area contributed by atoms with Gasteiger partial charge in [-0.25, -0.2) is 0 Å². The van der Waals surface area contributed by atoms with Gasteiger partial charge in [0.05, 0.1) is 13.2 Å². The van der Waals surface area contributed by atoms with Crippen molar-refractivity contribution < 1.29 is 49.0 Å². The molecule has 0 radical (unpaired) electrons. The van der Waals surface area contributed by atoms with Crippen LogP contribution < -0.4 is 0 Å². The van der Waals surface area contributed by atoms with Crippen LogP contribution in [0.5, 0.6) is 0 Å². The molecule has 0 aliphatic carbocycles. The van der Waals surface area contributed by atoms with Crippen molar-refractivity contribution in [1.82, 2.24) is 0 Å². The molecule has 10 heteroatoms. The van der Waals surface area contributed by atoms with Gasteiger partial charge in [0, 0.05) is 12.8 Å². The van der Waals surface area contributed by atoms with E-state index in [1.165, 1.54) is 70.6 Å². The van der Waals surface area contributed by atoms with Crippen LogP contribution in [-0.4, -0.2) is 89.0 Å². The van der Waals surface area contributed by atoms with Crippen LogP contribution in [0.4, 0.5) is 0 Å². The lowest BCUT2D eigenvalue weighted by Crippen LogP contribution is -2.59. The summed E-state index contributed by atoms with van der Waals surface area (Å²) < 4.78 is 22.0. The summed E-state index contributed by atoms with van der Waals surface area (Å²) in [5.74, 6) is -0.822. The number of carbonyl (C=O) groups is 2. The lowest BCUT2D eigenvalue weighted by Gasteiger charge is -2.39. The fourth-order valence-corrected chi connectivity index (χ4v) is 5.86. The molecular weight excluding hydrogens is 640 g/mol. The number of unbranched alkanes of at least 4 members (excludes halogenated alkanes) is 17. The highest BCUT2D eigenvalue weighted by Crippen LogP contribution is 2.22. The van der Waals surface area contributed by atoms with Crippen molar-refractivity contribution in [1.29, 1.82) is 0 Å². The minimum atomic E-state index is -1.59. The molecule has 0 amide bonds. The van der Waals surface area contributed by atoms with E-state index in [2.05, 4.69) is 38.2 Å². The van der Waals surface area contributed by atoms with E-state index in [9.17, 15) is 30.0 Å². The highest BCUT2D eigenvalue weighted by molar-refractivity contribution is 5.70. The summed E-state index contributed by atoms with van der Waals surface area (Å²) in [6.07, 6.45) is 24.9. The minimum Gasteiger partial charge on any atom is -0.462 e. The Kier molecular flexibility index (Phi) is 29.5. The van der Waals surface area contributed by atoms with Gasteiger partial charge in [0.1, 0.15) is 31.0 Å². The maximum absolute atomic E-state index is 12.7. The first-order chi connectivity index (χ1) is 24.3. The maximum atomic E-state index is 12.7. The molecule has 1 aliphatic rings. The van der Waals surface area contributed by atoms with E-state index in [0.29, 0.717) is 6.42 Å². The van der Waals surface area contributed by atoms with Crippen LogP contribution in [0.15, 0.2) is 24.3 Å². The summed E-state index contributed by atoms with van der Waals surface area (Å²) in [6.45, 7) is 3.33. The molecular formula is C40H72O10. The summed E-state index contributed by atoms with van der Waals surface area (Å²) in [5.41, 5.74) is 0. The summed E-state index contributed by atoms with van der Waals surface area (Å²) in [7, 11) is 0. The van der Waals surface area contributed by atoms with Gasteiger partial charge in [-0.1, -0.05) is 128 Å². The van der Waals surface area contributed by atoms with Gasteiger partial charge < -0.3 is 39.4 Å². The average molecular weight is 713 g/mol. The second-order valence-corrected chi connectivity index (χ2v) is 13.7. The largest absolute Gasteiger partial charge is 0.462 e. The zero-order valence-electron chi connectivity index (χ0n) is 31.4. The molecule has 1 rings (SSSR count). The Balaban J connectivity index is 2.34. The first-order valence-electron chi connectivity index (χ1n) is 19.9. The fraction of sp³-hybridized carbons (Fsp3) is 0.850. The van der Waals surface area contributed by atoms with E-state index in [4.69, 9.17) is 18.9 Å². The van der Waals surface area contributed by atoms with Crippen molar-refractivity contribution in [2.24, 2.45) is 0 Å². The molecule has 50 heavy (non-hydrogen) atoms. The van der Waals surface area contributed by atoms with Crippen LogP contribution >= 0.6 is 0 Å². The number of allylic oxidation sites excluding steroid dienone is 4. The molecule has 1 fully saturated rings. The smallest absolute Gasteiger partial charge is 0.306 e. The number of esters is 2. The molecule has 0 aromatic rings. The number of aliphatic hydroxyl groups excluding tert-OH is 4. The maximum Gasteiger partial charge on any atom is 0.306 e. The molecule has 0 spiro atoms. The molecule has 1 saturated heterocycles. The third-order valence-electron chi connectivity index (χ3n) is 9.09. The Morgan fingerprint density at radius 2 is 1.12 bits per heavy atom. The Bertz CT molecular complexity index is 876. The van der Waals surface area contributed by atoms with Crippen molar-refractivity contribution in [3.05, 3.63) is 24.3 Å². The number of ether oxygens (including phenoxy) is 4. The fourth-order valence-electron chi connectivity index (χ4n) is 5.86. The van der Waals surface area contributed by atoms with E-state index in [1.807, 2.05) is 0 Å². The zero-order valence-corrected chi connectivity index (χ0v) is 31.4. The first kappa shape index (κ1) is 46.2. The summed E-state index contributed by atoms with van der Waals surface area (Å²) in [5, 5.41) is 39.8. The summed E-state index contributed by atoms with van der Waals surface area (Å²) in [4.78, 5) is 25.1. The minimum absolute atomic E-state index is 0.219. The van der Waals surface area contributed by atoms with Gasteiger partial charge in [-0.15, -0.1) is 0 Å². The van der Waals surface area contributed by atoms with Gasteiger partial charge in [0.15, 0.2) is 12.4 Å². The van der Waals surface area contributed by atoms with Crippen molar-refractivity contribution in [2.75, 3.05) is 19.8 Å². The van der Waals surface area contributed by atoms with Crippen LogP contribution in [-0.2, 0) is 28.5 Å². The average Bonchev–Trinajstić information content (AvgIpc) is 3.11. The zero-order chi connectivity index (χ0) is 36.7. The molecule has 1 aliphatic heterocycles. The third-order valence-corrected chi connectivity index (χ3v) is 9.09. The summed E-state index contributed by atoms with van der Waals surface area (Å²) >= 11 is 0. The highest BCUT2D eigenvalue weighted by atomic mass is 16.7. The molecule has 292 valence electrons. The molecule has 1 heterocycles. The van der Waals surface area contributed by atoms with Gasteiger partial charge in [-0.05, 0) is 44.9 Å². The highest BCUT2D eigenvalue weighted by Gasteiger charge is 2.44. The van der Waals surface area contributed by atoms with Gasteiger partial charge in [-0.3, -0.25) is 9.59 Å². The van der Waals surface area contributed by atoms with Crippen LogP contribution in [0.25, 0.3) is 0 Å². The monoisotopic (exact) mass is 713 g/mol. The molecule has 0 aromatic carbocycles. The first-order valence-corrected chi connectivity index (χ1v) is 19.9. The van der Waals surface area contributed by atoms with Crippen molar-refractivity contribution in [2.45, 2.75) is 198 Å². The molecule has 0 bridgehead atoms. The lowest BCUT2D eigenvalue weighted by molar-refractivity contribution is -0.305. The third kappa shape index (κ3) is 23.6. The summed E-state index contributed by atoms with van der Waals surface area (Å²) in [6, 6.07) is 0. The second kappa shape index (κ2) is 31.9. The lowest BCUT2D eigenvalue weighted by atomic mass is 9.99. The van der Waals surface area contributed by atoms with Crippen LogP contribution in [0.2, 0.25) is 0 Å². The number of hydrogen-bond donors (Lipinski definition) is 4. The Labute approximate surface area is 303 Å². The molecule has 0 aromatic heterocycles. The number of aliphatic hydroxyl groups is 4. The van der Waals surface area contributed by atoms with E-state index < -0.39 is 49.4 Å². The Morgan fingerprint density at radius 1 is 0.620 bits per heavy atom. The van der Waals surface area contributed by atoms with Crippen molar-refractivity contribution in [3.8, 4) is 0 Å². The van der Waals surface area contributed by atoms with E-state index in [-0.39, 0.29) is 32.0 Å².